The number of nitrogens with zero attached hydrogens (tertiary/aromatic N) is 2. The van der Waals surface area contributed by atoms with Crippen molar-refractivity contribution >= 4 is 0 Å². The molecule has 0 aliphatic carbocycles. The Hall–Kier alpha value is -1.10. The van der Waals surface area contributed by atoms with Crippen molar-refractivity contribution in [1.29, 1.82) is 0 Å². The van der Waals surface area contributed by atoms with Gasteiger partial charge in [0, 0.05) is 25.7 Å². The van der Waals surface area contributed by atoms with Crippen LogP contribution in [0.4, 0.5) is 0 Å². The first kappa shape index (κ1) is 15.8. The van der Waals surface area contributed by atoms with Crippen molar-refractivity contribution in [1.82, 2.24) is 9.80 Å². The van der Waals surface area contributed by atoms with E-state index in [1.54, 1.807) is 0 Å². The summed E-state index contributed by atoms with van der Waals surface area (Å²) in [6.45, 7) is 7.78. The molecule has 0 amide bonds. The van der Waals surface area contributed by atoms with Gasteiger partial charge in [-0.3, -0.25) is 9.80 Å². The molecule has 2 saturated heterocycles. The van der Waals surface area contributed by atoms with Crippen LogP contribution in [0, 0.1) is 0 Å². The molecular formula is C18H28N2O2. The maximum absolute atomic E-state index is 10.3. The van der Waals surface area contributed by atoms with E-state index in [2.05, 4.69) is 28.9 Å². The Kier molecular flexibility index (Phi) is 5.34. The molecule has 2 atom stereocenters. The van der Waals surface area contributed by atoms with Gasteiger partial charge in [-0.25, -0.2) is 0 Å². The van der Waals surface area contributed by atoms with Gasteiger partial charge in [0.15, 0.2) is 0 Å². The molecule has 0 unspecified atom stereocenters. The Balaban J connectivity index is 1.46. The lowest BCUT2D eigenvalue weighted by atomic mass is 10.1. The first-order valence-corrected chi connectivity index (χ1v) is 8.63. The predicted octanol–water partition coefficient (Wildman–Crippen LogP) is 1.77. The van der Waals surface area contributed by atoms with E-state index in [4.69, 9.17) is 4.74 Å². The van der Waals surface area contributed by atoms with E-state index in [0.717, 1.165) is 44.9 Å². The fourth-order valence-electron chi connectivity index (χ4n) is 3.68. The van der Waals surface area contributed by atoms with Crippen molar-refractivity contribution < 1.29 is 9.84 Å². The zero-order valence-electron chi connectivity index (χ0n) is 13.6. The first-order chi connectivity index (χ1) is 10.8. The van der Waals surface area contributed by atoms with E-state index in [9.17, 15) is 5.11 Å². The summed E-state index contributed by atoms with van der Waals surface area (Å²) >= 11 is 0. The van der Waals surface area contributed by atoms with E-state index in [1.165, 1.54) is 18.4 Å². The lowest BCUT2D eigenvalue weighted by Gasteiger charge is -2.25. The minimum atomic E-state index is -0.207. The van der Waals surface area contributed by atoms with Gasteiger partial charge < -0.3 is 9.84 Å². The highest BCUT2D eigenvalue weighted by Crippen LogP contribution is 2.21. The molecule has 1 aromatic rings. The zero-order valence-corrected chi connectivity index (χ0v) is 13.6. The average Bonchev–Trinajstić information content (AvgIpc) is 3.17. The van der Waals surface area contributed by atoms with E-state index < -0.39 is 0 Å². The van der Waals surface area contributed by atoms with Crippen LogP contribution < -0.4 is 4.74 Å². The summed E-state index contributed by atoms with van der Waals surface area (Å²) in [6.07, 6.45) is 3.34. The second-order valence-corrected chi connectivity index (χ2v) is 6.45. The number of β-amino-alcohol motifs (C(OH)–C–C–N with tert-alkyl or cyclic N) is 1. The second-order valence-electron chi connectivity index (χ2n) is 6.45. The lowest BCUT2D eigenvalue weighted by Crippen LogP contribution is -2.41. The smallest absolute Gasteiger partial charge is 0.122 e. The third kappa shape index (κ3) is 3.62. The van der Waals surface area contributed by atoms with Gasteiger partial charge in [0.2, 0.25) is 0 Å². The molecule has 0 radical (unpaired) electrons. The second kappa shape index (κ2) is 7.44. The van der Waals surface area contributed by atoms with Crippen molar-refractivity contribution in [3.8, 4) is 5.75 Å². The Morgan fingerprint density at radius 2 is 1.95 bits per heavy atom. The van der Waals surface area contributed by atoms with Crippen LogP contribution in [0.15, 0.2) is 24.3 Å². The number of likely N-dealkylation sites (tertiary alicyclic amines) is 2. The summed E-state index contributed by atoms with van der Waals surface area (Å²) in [6, 6.07) is 8.58. The molecule has 2 fully saturated rings. The van der Waals surface area contributed by atoms with E-state index in [-0.39, 0.29) is 6.10 Å². The number of para-hydroxylation sites is 1. The van der Waals surface area contributed by atoms with Crippen LogP contribution >= 0.6 is 0 Å². The molecule has 0 spiro atoms. The minimum absolute atomic E-state index is 0.207. The molecule has 122 valence electrons. The Labute approximate surface area is 133 Å². The zero-order chi connectivity index (χ0) is 15.4. The highest BCUT2D eigenvalue weighted by molar-refractivity contribution is 5.33. The van der Waals surface area contributed by atoms with Gasteiger partial charge in [0.25, 0.3) is 0 Å². The molecule has 1 aromatic carbocycles. The fraction of sp³-hybridized carbons (Fsp3) is 0.667. The van der Waals surface area contributed by atoms with Gasteiger partial charge >= 0.3 is 0 Å². The average molecular weight is 304 g/mol. The predicted molar refractivity (Wildman–Crippen MR) is 88.4 cm³/mol. The molecule has 4 nitrogen and oxygen atoms in total. The number of rotatable bonds is 6. The van der Waals surface area contributed by atoms with Gasteiger partial charge in [-0.2, -0.15) is 0 Å². The third-order valence-corrected chi connectivity index (χ3v) is 4.96. The van der Waals surface area contributed by atoms with E-state index >= 15 is 0 Å². The van der Waals surface area contributed by atoms with Crippen LogP contribution in [0.25, 0.3) is 0 Å². The molecule has 1 N–H and O–H groups in total. The molecule has 2 heterocycles. The summed E-state index contributed by atoms with van der Waals surface area (Å²) in [5.74, 6) is 1.00. The number of aliphatic hydroxyl groups excluding tert-OH is 1. The van der Waals surface area contributed by atoms with Gasteiger partial charge in [-0.1, -0.05) is 25.1 Å². The summed E-state index contributed by atoms with van der Waals surface area (Å²) in [5.41, 5.74) is 1.26. The van der Waals surface area contributed by atoms with Crippen LogP contribution in [0.3, 0.4) is 0 Å². The van der Waals surface area contributed by atoms with Crippen LogP contribution in [-0.2, 0) is 6.42 Å². The number of ether oxygens (including phenoxy) is 1. The van der Waals surface area contributed by atoms with Crippen LogP contribution in [0.5, 0.6) is 5.75 Å². The minimum Gasteiger partial charge on any atom is -0.492 e. The molecule has 22 heavy (non-hydrogen) atoms. The maximum Gasteiger partial charge on any atom is 0.122 e. The summed E-state index contributed by atoms with van der Waals surface area (Å²) < 4.78 is 5.95. The van der Waals surface area contributed by atoms with Crippen molar-refractivity contribution in [3.63, 3.8) is 0 Å². The van der Waals surface area contributed by atoms with Crippen LogP contribution in [0.2, 0.25) is 0 Å². The first-order valence-electron chi connectivity index (χ1n) is 8.63. The topological polar surface area (TPSA) is 35.9 Å². The lowest BCUT2D eigenvalue weighted by molar-refractivity contribution is 0.0977. The summed E-state index contributed by atoms with van der Waals surface area (Å²) in [4.78, 5) is 4.79. The van der Waals surface area contributed by atoms with Gasteiger partial charge in [0.05, 0.1) is 6.10 Å². The largest absolute Gasteiger partial charge is 0.492 e. The fourth-order valence-corrected chi connectivity index (χ4v) is 3.68. The highest BCUT2D eigenvalue weighted by atomic mass is 16.5. The normalized spacial score (nSPS) is 26.6. The summed E-state index contributed by atoms with van der Waals surface area (Å²) in [5, 5.41) is 10.3. The molecule has 2 aliphatic rings. The van der Waals surface area contributed by atoms with E-state index in [1.807, 2.05) is 12.1 Å². The molecule has 4 heteroatoms. The summed E-state index contributed by atoms with van der Waals surface area (Å²) in [7, 11) is 0. The van der Waals surface area contributed by atoms with Crippen molar-refractivity contribution in [2.45, 2.75) is 38.3 Å². The maximum atomic E-state index is 10.3. The highest BCUT2D eigenvalue weighted by Gasteiger charge is 2.36. The standard InChI is InChI=1S/C18H28N2O2/c1-2-15-7-3-4-8-18(15)22-12-11-19-13-16(17(21)14-19)20-9-5-6-10-20/h3-4,7-8,16-17,21H,2,5-6,9-14H2,1H3/t16-,17-/m0/s1. The van der Waals surface area contributed by atoms with Crippen LogP contribution in [0.1, 0.15) is 25.3 Å². The number of hydrogen-bond acceptors (Lipinski definition) is 4. The van der Waals surface area contributed by atoms with E-state index in [0.29, 0.717) is 12.6 Å². The molecular weight excluding hydrogens is 276 g/mol. The number of aryl methyl sites for hydroxylation is 1. The molecule has 0 bridgehead atoms. The van der Waals surface area contributed by atoms with Crippen molar-refractivity contribution in [3.05, 3.63) is 29.8 Å². The quantitative estimate of drug-likeness (QED) is 0.869. The number of aliphatic hydroxyl groups is 1. The Bertz CT molecular complexity index is 474. The monoisotopic (exact) mass is 304 g/mol. The van der Waals surface area contributed by atoms with Crippen LogP contribution in [-0.4, -0.2) is 66.4 Å². The molecule has 0 aromatic heterocycles. The number of benzene rings is 1. The van der Waals surface area contributed by atoms with Gasteiger partial charge in [0.1, 0.15) is 12.4 Å². The third-order valence-electron chi connectivity index (χ3n) is 4.96. The molecule has 0 saturated carbocycles. The molecule has 3 rings (SSSR count). The number of hydrogen-bond donors (Lipinski definition) is 1. The van der Waals surface area contributed by atoms with Crippen molar-refractivity contribution in [2.24, 2.45) is 0 Å². The van der Waals surface area contributed by atoms with Crippen molar-refractivity contribution in [2.75, 3.05) is 39.3 Å². The Morgan fingerprint density at radius 1 is 1.18 bits per heavy atom. The SMILES string of the molecule is CCc1ccccc1OCCN1C[C@H](O)[C@@H](N2CCCC2)C1. The van der Waals surface area contributed by atoms with Gasteiger partial charge in [-0.15, -0.1) is 0 Å². The van der Waals surface area contributed by atoms with Gasteiger partial charge in [-0.05, 0) is 44.0 Å². The molecule has 2 aliphatic heterocycles. The Morgan fingerprint density at radius 3 is 2.73 bits per heavy atom.